The summed E-state index contributed by atoms with van der Waals surface area (Å²) in [5, 5.41) is 27.3. The van der Waals surface area contributed by atoms with Crippen LogP contribution in [0, 0.1) is 17.8 Å². The van der Waals surface area contributed by atoms with Gasteiger partial charge in [-0.15, -0.1) is 0 Å². The lowest BCUT2D eigenvalue weighted by atomic mass is 9.83. The number of phenolic OH excluding ortho intramolecular Hbond substituents is 2. The van der Waals surface area contributed by atoms with Crippen LogP contribution in [0.5, 0.6) is 23.0 Å². The Morgan fingerprint density at radius 3 is 2.51 bits per heavy atom. The quantitative estimate of drug-likeness (QED) is 0.0356. The molecule has 0 radical (unpaired) electrons. The topological polar surface area (TPSA) is 138 Å². The van der Waals surface area contributed by atoms with Crippen LogP contribution in [0.1, 0.15) is 89.7 Å². The number of guanidine groups is 1. The van der Waals surface area contributed by atoms with Crippen LogP contribution in [0.15, 0.2) is 47.5 Å². The number of hydrogen-bond donors (Lipinski definition) is 5. The Morgan fingerprint density at radius 1 is 1.06 bits per heavy atom. The molecule has 260 valence electrons. The molecule has 1 aliphatic rings. The lowest BCUT2D eigenvalue weighted by Crippen LogP contribution is -2.26. The number of aromatic hydroxyl groups is 2. The molecule has 1 aliphatic carbocycles. The Kier molecular flexibility index (Phi) is 15.9. The van der Waals surface area contributed by atoms with Crippen LogP contribution in [0.2, 0.25) is 0 Å². The number of likely N-dealkylation sites (N-methyl/N-ethyl adjacent to an activating group) is 1. The molecule has 0 heterocycles. The molecule has 0 aromatic heterocycles. The number of carbonyl (C=O) groups excluding carboxylic acids is 1. The second-order valence-electron chi connectivity index (χ2n) is 13.4. The third-order valence-corrected chi connectivity index (χ3v) is 8.98. The minimum Gasteiger partial charge on any atom is -0.504 e. The van der Waals surface area contributed by atoms with Gasteiger partial charge in [-0.3, -0.25) is 4.79 Å². The average molecular weight is 651 g/mol. The van der Waals surface area contributed by atoms with E-state index in [9.17, 15) is 15.0 Å². The van der Waals surface area contributed by atoms with Crippen molar-refractivity contribution in [2.24, 2.45) is 28.5 Å². The molecule has 1 saturated carbocycles. The van der Waals surface area contributed by atoms with Crippen LogP contribution in [0.25, 0.3) is 0 Å². The van der Waals surface area contributed by atoms with Crippen molar-refractivity contribution in [3.63, 3.8) is 0 Å². The van der Waals surface area contributed by atoms with E-state index in [0.29, 0.717) is 67.4 Å². The molecule has 9 nitrogen and oxygen atoms in total. The number of anilines is 1. The van der Waals surface area contributed by atoms with E-state index in [1.54, 1.807) is 18.2 Å². The maximum absolute atomic E-state index is 13.0. The lowest BCUT2D eigenvalue weighted by Gasteiger charge is -2.23. The Morgan fingerprint density at radius 2 is 1.81 bits per heavy atom. The molecular weight excluding hydrogens is 592 g/mol. The SMILES string of the molecule is CNCCOc1cc(C[C@H](/C=C/C(=O)CCc2ccc(O)c(OC)c2)[C@H](C)CCCC(C)C)cc(NC(N)=NC2CCCCC2)c1O. The summed E-state index contributed by atoms with van der Waals surface area (Å²) in [6, 6.07) is 9.19. The fourth-order valence-corrected chi connectivity index (χ4v) is 6.08. The second-order valence-corrected chi connectivity index (χ2v) is 13.4. The molecule has 2 atom stereocenters. The number of ketones is 1. The molecule has 0 aliphatic heterocycles. The summed E-state index contributed by atoms with van der Waals surface area (Å²) in [5.41, 5.74) is 8.71. The summed E-state index contributed by atoms with van der Waals surface area (Å²) in [6.45, 7) is 7.77. The zero-order valence-electron chi connectivity index (χ0n) is 29.2. The van der Waals surface area contributed by atoms with E-state index < -0.39 is 0 Å². The lowest BCUT2D eigenvalue weighted by molar-refractivity contribution is -0.114. The van der Waals surface area contributed by atoms with E-state index in [2.05, 4.69) is 37.5 Å². The normalized spacial score (nSPS) is 15.6. The van der Waals surface area contributed by atoms with E-state index >= 15 is 0 Å². The van der Waals surface area contributed by atoms with Gasteiger partial charge in [-0.05, 0) is 92.0 Å². The van der Waals surface area contributed by atoms with Gasteiger partial charge in [0.05, 0.1) is 18.8 Å². The Bertz CT molecular complexity index is 1320. The standard InChI is InChI=1S/C38H58N4O5/c1-26(2)10-9-11-27(3)30(16-18-32(43)17-14-28-15-19-34(44)35(24-28)46-5)22-29-23-33(37(45)36(25-29)47-21-20-40-4)42-38(39)41-31-12-7-6-8-13-31/h15-16,18-19,23-27,30-31,40,44-45H,6-14,17,20-22H2,1-5H3,(H3,39,41,42)/b18-16+/t27-,30+/m1/s1. The molecule has 0 unspecified atom stereocenters. The van der Waals surface area contributed by atoms with Crippen LogP contribution in [0.4, 0.5) is 5.69 Å². The number of allylic oxidation sites excluding steroid dienone is 2. The predicted molar refractivity (Wildman–Crippen MR) is 192 cm³/mol. The van der Waals surface area contributed by atoms with Gasteiger partial charge in [0.2, 0.25) is 0 Å². The number of nitrogens with two attached hydrogens (primary N) is 1. The van der Waals surface area contributed by atoms with Gasteiger partial charge in [-0.2, -0.15) is 0 Å². The van der Waals surface area contributed by atoms with E-state index in [1.165, 1.54) is 13.5 Å². The zero-order valence-corrected chi connectivity index (χ0v) is 29.2. The van der Waals surface area contributed by atoms with Crippen molar-refractivity contribution in [1.82, 2.24) is 5.32 Å². The van der Waals surface area contributed by atoms with Gasteiger partial charge < -0.3 is 36.1 Å². The molecular formula is C38H58N4O5. The number of ether oxygens (including phenoxy) is 2. The Hall–Kier alpha value is -3.72. The highest BCUT2D eigenvalue weighted by Gasteiger charge is 2.20. The molecule has 6 N–H and O–H groups in total. The second kappa shape index (κ2) is 19.8. The molecule has 1 fully saturated rings. The van der Waals surface area contributed by atoms with Gasteiger partial charge >= 0.3 is 0 Å². The Labute approximate surface area is 282 Å². The maximum Gasteiger partial charge on any atom is 0.193 e. The van der Waals surface area contributed by atoms with Gasteiger partial charge in [-0.1, -0.05) is 71.4 Å². The first kappa shape index (κ1) is 37.7. The minimum atomic E-state index is 0.00441. The summed E-state index contributed by atoms with van der Waals surface area (Å²) >= 11 is 0. The van der Waals surface area contributed by atoms with Crippen molar-refractivity contribution >= 4 is 17.4 Å². The van der Waals surface area contributed by atoms with Gasteiger partial charge in [0.1, 0.15) is 6.61 Å². The van der Waals surface area contributed by atoms with Crippen molar-refractivity contribution in [3.8, 4) is 23.0 Å². The number of benzene rings is 2. The van der Waals surface area contributed by atoms with Crippen LogP contribution in [-0.2, 0) is 17.6 Å². The van der Waals surface area contributed by atoms with E-state index in [4.69, 9.17) is 20.2 Å². The molecule has 47 heavy (non-hydrogen) atoms. The minimum absolute atomic E-state index is 0.00441. The van der Waals surface area contributed by atoms with Crippen LogP contribution >= 0.6 is 0 Å². The fourth-order valence-electron chi connectivity index (χ4n) is 6.08. The fraction of sp³-hybridized carbons (Fsp3) is 0.579. The number of methoxy groups -OCH3 is 1. The summed E-state index contributed by atoms with van der Waals surface area (Å²) in [5.74, 6) is 2.28. The van der Waals surface area contributed by atoms with Crippen LogP contribution < -0.4 is 25.8 Å². The summed E-state index contributed by atoms with van der Waals surface area (Å²) in [4.78, 5) is 17.7. The number of nitrogens with zero attached hydrogens (tertiary/aromatic N) is 1. The molecule has 3 rings (SSSR count). The van der Waals surface area contributed by atoms with Crippen molar-refractivity contribution in [1.29, 1.82) is 0 Å². The van der Waals surface area contributed by atoms with Crippen molar-refractivity contribution in [2.75, 3.05) is 32.6 Å². The number of rotatable bonds is 19. The summed E-state index contributed by atoms with van der Waals surface area (Å²) in [6.07, 6.45) is 14.3. The number of aliphatic imine (C=N–C) groups is 1. The van der Waals surface area contributed by atoms with Crippen LogP contribution in [0.3, 0.4) is 0 Å². The van der Waals surface area contributed by atoms with Gasteiger partial charge in [0.15, 0.2) is 34.7 Å². The molecule has 0 saturated heterocycles. The largest absolute Gasteiger partial charge is 0.504 e. The third kappa shape index (κ3) is 13.1. The first-order valence-electron chi connectivity index (χ1n) is 17.4. The molecule has 0 bridgehead atoms. The van der Waals surface area contributed by atoms with Crippen molar-refractivity contribution in [3.05, 3.63) is 53.6 Å². The Balaban J connectivity index is 1.82. The molecule has 9 heteroatoms. The molecule has 2 aromatic rings. The van der Waals surface area contributed by atoms with Gasteiger partial charge in [-0.25, -0.2) is 4.99 Å². The monoisotopic (exact) mass is 650 g/mol. The van der Waals surface area contributed by atoms with E-state index in [0.717, 1.165) is 56.1 Å². The molecule has 0 spiro atoms. The number of carbonyl (C=O) groups is 1. The first-order valence-corrected chi connectivity index (χ1v) is 17.4. The number of nitrogens with one attached hydrogen (secondary N) is 2. The summed E-state index contributed by atoms with van der Waals surface area (Å²) in [7, 11) is 3.37. The summed E-state index contributed by atoms with van der Waals surface area (Å²) < 4.78 is 11.2. The average Bonchev–Trinajstić information content (AvgIpc) is 3.04. The first-order chi connectivity index (χ1) is 22.6. The number of phenols is 2. The van der Waals surface area contributed by atoms with Gasteiger partial charge in [0.25, 0.3) is 0 Å². The smallest absolute Gasteiger partial charge is 0.193 e. The predicted octanol–water partition coefficient (Wildman–Crippen LogP) is 7.14. The van der Waals surface area contributed by atoms with Crippen molar-refractivity contribution < 1.29 is 24.5 Å². The van der Waals surface area contributed by atoms with Crippen molar-refractivity contribution in [2.45, 2.75) is 97.4 Å². The highest BCUT2D eigenvalue weighted by molar-refractivity contribution is 5.94. The molecule has 0 amide bonds. The zero-order chi connectivity index (χ0) is 34.2. The highest BCUT2D eigenvalue weighted by Crippen LogP contribution is 2.38. The number of hydrogen-bond acceptors (Lipinski definition) is 7. The highest BCUT2D eigenvalue weighted by atomic mass is 16.5. The van der Waals surface area contributed by atoms with Crippen LogP contribution in [-0.4, -0.2) is 55.3 Å². The third-order valence-electron chi connectivity index (χ3n) is 8.98. The van der Waals surface area contributed by atoms with E-state index in [-0.39, 0.29) is 29.2 Å². The molecule has 2 aromatic carbocycles. The number of aryl methyl sites for hydroxylation is 1. The van der Waals surface area contributed by atoms with Gasteiger partial charge in [0, 0.05) is 13.0 Å². The van der Waals surface area contributed by atoms with E-state index in [1.807, 2.05) is 25.2 Å². The maximum atomic E-state index is 13.0.